The lowest BCUT2D eigenvalue weighted by Gasteiger charge is -2.08. The molecule has 0 saturated heterocycles. The van der Waals surface area contributed by atoms with Gasteiger partial charge in [0.2, 0.25) is 5.89 Å². The molecule has 0 spiro atoms. The third-order valence-electron chi connectivity index (χ3n) is 3.45. The number of oxazole rings is 1. The van der Waals surface area contributed by atoms with Gasteiger partial charge in [-0.3, -0.25) is 9.59 Å². The van der Waals surface area contributed by atoms with Crippen LogP contribution in [0.15, 0.2) is 59.2 Å². The van der Waals surface area contributed by atoms with Crippen LogP contribution in [-0.4, -0.2) is 22.0 Å². The molecule has 126 valence electrons. The number of benzene rings is 2. The number of halogens is 1. The standard InChI is InChI=1S/C18H13ClN2O4/c19-13-7-3-2-6-12(13)18-21-15(10-25-18)17(24)20-14-8-4-1-5-11(14)9-16(22)23/h1-8,10H,9H2,(H,20,24)(H,22,23). The summed E-state index contributed by atoms with van der Waals surface area (Å²) in [7, 11) is 0. The van der Waals surface area contributed by atoms with Gasteiger partial charge in [0.1, 0.15) is 6.26 Å². The number of carboxylic acids is 1. The third-order valence-corrected chi connectivity index (χ3v) is 3.78. The van der Waals surface area contributed by atoms with E-state index in [2.05, 4.69) is 10.3 Å². The van der Waals surface area contributed by atoms with E-state index in [9.17, 15) is 9.59 Å². The molecule has 1 amide bonds. The first-order valence-electron chi connectivity index (χ1n) is 7.36. The van der Waals surface area contributed by atoms with Crippen molar-refractivity contribution in [3.63, 3.8) is 0 Å². The molecule has 0 saturated carbocycles. The zero-order valence-corrected chi connectivity index (χ0v) is 13.7. The van der Waals surface area contributed by atoms with E-state index in [0.29, 0.717) is 21.8 Å². The van der Waals surface area contributed by atoms with E-state index in [4.69, 9.17) is 21.1 Å². The average molecular weight is 357 g/mol. The Morgan fingerprint density at radius 2 is 1.84 bits per heavy atom. The Labute approximate surface area is 148 Å². The van der Waals surface area contributed by atoms with E-state index in [-0.39, 0.29) is 18.0 Å². The number of aliphatic carboxylic acids is 1. The van der Waals surface area contributed by atoms with Crippen molar-refractivity contribution in [2.24, 2.45) is 0 Å². The lowest BCUT2D eigenvalue weighted by molar-refractivity contribution is -0.136. The van der Waals surface area contributed by atoms with Gasteiger partial charge in [-0.15, -0.1) is 0 Å². The largest absolute Gasteiger partial charge is 0.481 e. The van der Waals surface area contributed by atoms with Crippen molar-refractivity contribution in [1.82, 2.24) is 4.98 Å². The van der Waals surface area contributed by atoms with Gasteiger partial charge < -0.3 is 14.8 Å². The second kappa shape index (κ2) is 7.19. The van der Waals surface area contributed by atoms with Crippen LogP contribution >= 0.6 is 11.6 Å². The maximum atomic E-state index is 12.4. The molecule has 0 fully saturated rings. The third kappa shape index (κ3) is 3.87. The van der Waals surface area contributed by atoms with Crippen LogP contribution in [0.1, 0.15) is 16.1 Å². The molecule has 0 aliphatic heterocycles. The Hall–Kier alpha value is -3.12. The summed E-state index contributed by atoms with van der Waals surface area (Å²) in [6.07, 6.45) is 1.04. The number of hydrogen-bond donors (Lipinski definition) is 2. The smallest absolute Gasteiger partial charge is 0.307 e. The summed E-state index contributed by atoms with van der Waals surface area (Å²) in [5.74, 6) is -1.25. The minimum atomic E-state index is -0.982. The quantitative estimate of drug-likeness (QED) is 0.723. The number of carboxylic acid groups (broad SMARTS) is 1. The zero-order chi connectivity index (χ0) is 17.8. The van der Waals surface area contributed by atoms with Crippen molar-refractivity contribution in [3.05, 3.63) is 71.1 Å². The normalized spacial score (nSPS) is 10.4. The van der Waals surface area contributed by atoms with Crippen LogP contribution in [0.25, 0.3) is 11.5 Å². The van der Waals surface area contributed by atoms with Crippen molar-refractivity contribution in [2.45, 2.75) is 6.42 Å². The zero-order valence-electron chi connectivity index (χ0n) is 12.9. The molecule has 0 aliphatic rings. The van der Waals surface area contributed by atoms with Crippen LogP contribution in [-0.2, 0) is 11.2 Å². The van der Waals surface area contributed by atoms with Crippen LogP contribution < -0.4 is 5.32 Å². The molecule has 0 unspecified atom stereocenters. The van der Waals surface area contributed by atoms with E-state index in [1.165, 1.54) is 6.26 Å². The first-order valence-corrected chi connectivity index (χ1v) is 7.74. The molecular formula is C18H13ClN2O4. The summed E-state index contributed by atoms with van der Waals surface area (Å²) in [4.78, 5) is 27.4. The van der Waals surface area contributed by atoms with E-state index in [0.717, 1.165) is 0 Å². The number of hydrogen-bond acceptors (Lipinski definition) is 4. The SMILES string of the molecule is O=C(O)Cc1ccccc1NC(=O)c1coc(-c2ccccc2Cl)n1. The fraction of sp³-hybridized carbons (Fsp3) is 0.0556. The number of carbonyl (C=O) groups excluding carboxylic acids is 1. The summed E-state index contributed by atoms with van der Waals surface area (Å²) in [5.41, 5.74) is 1.56. The van der Waals surface area contributed by atoms with Crippen molar-refractivity contribution in [3.8, 4) is 11.5 Å². The van der Waals surface area contributed by atoms with Crippen molar-refractivity contribution in [2.75, 3.05) is 5.32 Å². The summed E-state index contributed by atoms with van der Waals surface area (Å²) in [6.45, 7) is 0. The Bertz CT molecular complexity index is 936. The van der Waals surface area contributed by atoms with Gasteiger partial charge in [-0.05, 0) is 23.8 Å². The van der Waals surface area contributed by atoms with Crippen LogP contribution in [0, 0.1) is 0 Å². The molecular weight excluding hydrogens is 344 g/mol. The molecule has 2 N–H and O–H groups in total. The average Bonchev–Trinajstić information content (AvgIpc) is 3.06. The number of nitrogens with zero attached hydrogens (tertiary/aromatic N) is 1. The number of aromatic nitrogens is 1. The number of rotatable bonds is 5. The summed E-state index contributed by atoms with van der Waals surface area (Å²) in [6, 6.07) is 13.7. The summed E-state index contributed by atoms with van der Waals surface area (Å²) < 4.78 is 5.33. The van der Waals surface area contributed by atoms with E-state index in [1.807, 2.05) is 0 Å². The van der Waals surface area contributed by atoms with Crippen LogP contribution in [0.4, 0.5) is 5.69 Å². The van der Waals surface area contributed by atoms with Crippen molar-refractivity contribution >= 4 is 29.2 Å². The predicted molar refractivity (Wildman–Crippen MR) is 92.7 cm³/mol. The highest BCUT2D eigenvalue weighted by Crippen LogP contribution is 2.27. The molecule has 0 bridgehead atoms. The van der Waals surface area contributed by atoms with E-state index >= 15 is 0 Å². The van der Waals surface area contributed by atoms with Gasteiger partial charge in [-0.25, -0.2) is 4.98 Å². The topological polar surface area (TPSA) is 92.4 Å². The monoisotopic (exact) mass is 356 g/mol. The molecule has 3 rings (SSSR count). The molecule has 1 aromatic heterocycles. The lowest BCUT2D eigenvalue weighted by Crippen LogP contribution is -2.14. The van der Waals surface area contributed by atoms with Gasteiger partial charge in [-0.2, -0.15) is 0 Å². The molecule has 0 atom stereocenters. The van der Waals surface area contributed by atoms with E-state index < -0.39 is 11.9 Å². The predicted octanol–water partition coefficient (Wildman–Crippen LogP) is 3.87. The van der Waals surface area contributed by atoms with Crippen molar-refractivity contribution in [1.29, 1.82) is 0 Å². The maximum Gasteiger partial charge on any atom is 0.307 e. The van der Waals surface area contributed by atoms with Crippen LogP contribution in [0.5, 0.6) is 0 Å². The number of nitrogens with one attached hydrogen (secondary N) is 1. The summed E-state index contributed by atoms with van der Waals surface area (Å²) in [5, 5.41) is 12.1. The molecule has 0 radical (unpaired) electrons. The highest BCUT2D eigenvalue weighted by Gasteiger charge is 2.16. The Kier molecular flexibility index (Phi) is 4.81. The first kappa shape index (κ1) is 16.7. The van der Waals surface area contributed by atoms with Gasteiger partial charge >= 0.3 is 5.97 Å². The number of para-hydroxylation sites is 1. The fourth-order valence-electron chi connectivity index (χ4n) is 2.28. The second-order valence-electron chi connectivity index (χ2n) is 5.20. The molecule has 25 heavy (non-hydrogen) atoms. The van der Waals surface area contributed by atoms with Gasteiger partial charge in [-0.1, -0.05) is 41.9 Å². The molecule has 6 nitrogen and oxygen atoms in total. The van der Waals surface area contributed by atoms with E-state index in [1.54, 1.807) is 48.5 Å². The van der Waals surface area contributed by atoms with Gasteiger partial charge in [0.25, 0.3) is 5.91 Å². The number of carbonyl (C=O) groups is 2. The number of anilines is 1. The Morgan fingerprint density at radius 1 is 1.12 bits per heavy atom. The minimum absolute atomic E-state index is 0.0695. The van der Waals surface area contributed by atoms with Gasteiger partial charge in [0.05, 0.1) is 17.0 Å². The van der Waals surface area contributed by atoms with Gasteiger partial charge in [0, 0.05) is 5.69 Å². The Morgan fingerprint density at radius 3 is 2.60 bits per heavy atom. The molecule has 7 heteroatoms. The molecule has 1 heterocycles. The first-order chi connectivity index (χ1) is 12.0. The highest BCUT2D eigenvalue weighted by molar-refractivity contribution is 6.33. The fourth-order valence-corrected chi connectivity index (χ4v) is 2.50. The minimum Gasteiger partial charge on any atom is -0.481 e. The maximum absolute atomic E-state index is 12.4. The molecule has 3 aromatic rings. The number of amides is 1. The van der Waals surface area contributed by atoms with Crippen LogP contribution in [0.3, 0.4) is 0 Å². The summed E-state index contributed by atoms with van der Waals surface area (Å²) >= 11 is 6.09. The van der Waals surface area contributed by atoms with Crippen molar-refractivity contribution < 1.29 is 19.1 Å². The Balaban J connectivity index is 1.82. The second-order valence-corrected chi connectivity index (χ2v) is 5.61. The highest BCUT2D eigenvalue weighted by atomic mass is 35.5. The molecule has 2 aromatic carbocycles. The molecule has 0 aliphatic carbocycles. The van der Waals surface area contributed by atoms with Gasteiger partial charge in [0.15, 0.2) is 5.69 Å². The lowest BCUT2D eigenvalue weighted by atomic mass is 10.1. The van der Waals surface area contributed by atoms with Crippen LogP contribution in [0.2, 0.25) is 5.02 Å².